The summed E-state index contributed by atoms with van der Waals surface area (Å²) in [5, 5.41) is 0.802. The molecule has 26 heavy (non-hydrogen) atoms. The SMILES string of the molecule is Clc1ccc(CN2CCN(Cc3cnc(N4CCCC4)nc3)CC2)cc1. The molecule has 3 heterocycles. The molecule has 6 heteroatoms. The number of hydrogen-bond acceptors (Lipinski definition) is 5. The van der Waals surface area contributed by atoms with Crippen LogP contribution in [0.1, 0.15) is 24.0 Å². The van der Waals surface area contributed by atoms with E-state index in [2.05, 4.69) is 36.8 Å². The predicted molar refractivity (Wildman–Crippen MR) is 105 cm³/mol. The van der Waals surface area contributed by atoms with Crippen LogP contribution in [-0.2, 0) is 13.1 Å². The Balaban J connectivity index is 1.25. The molecule has 4 rings (SSSR count). The van der Waals surface area contributed by atoms with Gasteiger partial charge in [0.2, 0.25) is 5.95 Å². The topological polar surface area (TPSA) is 35.5 Å². The van der Waals surface area contributed by atoms with E-state index in [-0.39, 0.29) is 0 Å². The van der Waals surface area contributed by atoms with Crippen LogP contribution in [0.2, 0.25) is 5.02 Å². The molecular formula is C20H26ClN5. The Morgan fingerprint density at radius 1 is 0.731 bits per heavy atom. The van der Waals surface area contributed by atoms with E-state index in [4.69, 9.17) is 11.6 Å². The summed E-state index contributed by atoms with van der Waals surface area (Å²) in [4.78, 5) is 16.4. The third kappa shape index (κ3) is 4.53. The van der Waals surface area contributed by atoms with E-state index in [1.54, 1.807) is 0 Å². The van der Waals surface area contributed by atoms with Crippen molar-refractivity contribution in [1.29, 1.82) is 0 Å². The van der Waals surface area contributed by atoms with Gasteiger partial charge in [-0.05, 0) is 30.5 Å². The molecule has 2 fully saturated rings. The minimum atomic E-state index is 0.802. The lowest BCUT2D eigenvalue weighted by molar-refractivity contribution is 0.122. The van der Waals surface area contributed by atoms with Crippen LogP contribution in [0.3, 0.4) is 0 Å². The highest BCUT2D eigenvalue weighted by atomic mass is 35.5. The number of halogens is 1. The molecule has 1 aromatic carbocycles. The normalized spacial score (nSPS) is 19.2. The number of nitrogens with zero attached hydrogens (tertiary/aromatic N) is 5. The lowest BCUT2D eigenvalue weighted by Crippen LogP contribution is -2.45. The van der Waals surface area contributed by atoms with Crippen LogP contribution in [0.4, 0.5) is 5.95 Å². The Morgan fingerprint density at radius 3 is 1.85 bits per heavy atom. The van der Waals surface area contributed by atoms with Crippen LogP contribution in [-0.4, -0.2) is 59.0 Å². The maximum atomic E-state index is 5.96. The van der Waals surface area contributed by atoms with Gasteiger partial charge in [-0.25, -0.2) is 9.97 Å². The van der Waals surface area contributed by atoms with Crippen LogP contribution in [0, 0.1) is 0 Å². The van der Waals surface area contributed by atoms with Gasteiger partial charge in [0.1, 0.15) is 0 Å². The van der Waals surface area contributed by atoms with Crippen molar-refractivity contribution in [3.63, 3.8) is 0 Å². The second kappa shape index (κ2) is 8.33. The van der Waals surface area contributed by atoms with Gasteiger partial charge in [0, 0.05) is 75.3 Å². The molecule has 2 aromatic rings. The first kappa shape index (κ1) is 17.7. The van der Waals surface area contributed by atoms with Crippen LogP contribution >= 0.6 is 11.6 Å². The second-order valence-corrected chi connectivity index (χ2v) is 7.70. The van der Waals surface area contributed by atoms with Crippen LogP contribution in [0.15, 0.2) is 36.7 Å². The van der Waals surface area contributed by atoms with Gasteiger partial charge < -0.3 is 4.90 Å². The van der Waals surface area contributed by atoms with Gasteiger partial charge in [0.25, 0.3) is 0 Å². The molecule has 0 bridgehead atoms. The van der Waals surface area contributed by atoms with Crippen molar-refractivity contribution in [2.45, 2.75) is 25.9 Å². The molecule has 1 aromatic heterocycles. The number of rotatable bonds is 5. The van der Waals surface area contributed by atoms with Crippen LogP contribution in [0.25, 0.3) is 0 Å². The fourth-order valence-corrected chi connectivity index (χ4v) is 3.85. The molecule has 5 nitrogen and oxygen atoms in total. The number of piperazine rings is 1. The highest BCUT2D eigenvalue weighted by Gasteiger charge is 2.18. The number of benzene rings is 1. The van der Waals surface area contributed by atoms with E-state index in [1.807, 2.05) is 24.5 Å². The quantitative estimate of drug-likeness (QED) is 0.807. The van der Waals surface area contributed by atoms with Crippen LogP contribution < -0.4 is 4.90 Å². The summed E-state index contributed by atoms with van der Waals surface area (Å²) in [6.07, 6.45) is 6.51. The standard InChI is InChI=1S/C20H26ClN5/c21-19-5-3-17(4-6-19)15-24-9-11-25(12-10-24)16-18-13-22-20(23-14-18)26-7-1-2-8-26/h3-6,13-14H,1-2,7-12,15-16H2. The molecule has 138 valence electrons. The molecule has 0 N–H and O–H groups in total. The minimum absolute atomic E-state index is 0.802. The zero-order valence-corrected chi connectivity index (χ0v) is 15.9. The third-order valence-corrected chi connectivity index (χ3v) is 5.52. The maximum absolute atomic E-state index is 5.96. The smallest absolute Gasteiger partial charge is 0.225 e. The largest absolute Gasteiger partial charge is 0.341 e. The van der Waals surface area contributed by atoms with Gasteiger partial charge in [-0.15, -0.1) is 0 Å². The minimum Gasteiger partial charge on any atom is -0.341 e. The first-order valence-electron chi connectivity index (χ1n) is 9.51. The Morgan fingerprint density at radius 2 is 1.27 bits per heavy atom. The van der Waals surface area contributed by atoms with Gasteiger partial charge >= 0.3 is 0 Å². The lowest BCUT2D eigenvalue weighted by Gasteiger charge is -2.34. The van der Waals surface area contributed by atoms with Crippen molar-refractivity contribution >= 4 is 17.5 Å². The molecule has 0 saturated carbocycles. The van der Waals surface area contributed by atoms with Gasteiger partial charge in [0.05, 0.1) is 0 Å². The van der Waals surface area contributed by atoms with E-state index in [0.29, 0.717) is 0 Å². The van der Waals surface area contributed by atoms with E-state index < -0.39 is 0 Å². The van der Waals surface area contributed by atoms with Crippen molar-refractivity contribution in [3.8, 4) is 0 Å². The van der Waals surface area contributed by atoms with E-state index in [1.165, 1.54) is 24.0 Å². The van der Waals surface area contributed by atoms with E-state index >= 15 is 0 Å². The first-order chi connectivity index (χ1) is 12.8. The molecular weight excluding hydrogens is 346 g/mol. The first-order valence-corrected chi connectivity index (χ1v) is 9.89. The fourth-order valence-electron chi connectivity index (χ4n) is 3.72. The summed E-state index contributed by atoms with van der Waals surface area (Å²) in [6, 6.07) is 8.18. The maximum Gasteiger partial charge on any atom is 0.225 e. The van der Waals surface area contributed by atoms with Gasteiger partial charge in [-0.1, -0.05) is 23.7 Å². The monoisotopic (exact) mass is 371 g/mol. The second-order valence-electron chi connectivity index (χ2n) is 7.26. The number of anilines is 1. The Kier molecular flexibility index (Phi) is 5.68. The average Bonchev–Trinajstić information content (AvgIpc) is 3.21. The molecule has 2 saturated heterocycles. The summed E-state index contributed by atoms with van der Waals surface area (Å²) < 4.78 is 0. The van der Waals surface area contributed by atoms with Crippen molar-refractivity contribution in [3.05, 3.63) is 52.8 Å². The molecule has 0 amide bonds. The summed E-state index contributed by atoms with van der Waals surface area (Å²) in [5.74, 6) is 0.888. The molecule has 0 radical (unpaired) electrons. The highest BCUT2D eigenvalue weighted by Crippen LogP contribution is 2.16. The summed E-state index contributed by atoms with van der Waals surface area (Å²) in [5.41, 5.74) is 2.54. The van der Waals surface area contributed by atoms with Crippen molar-refractivity contribution in [1.82, 2.24) is 19.8 Å². The highest BCUT2D eigenvalue weighted by molar-refractivity contribution is 6.30. The summed E-state index contributed by atoms with van der Waals surface area (Å²) >= 11 is 5.96. The molecule has 0 unspecified atom stereocenters. The van der Waals surface area contributed by atoms with Crippen molar-refractivity contribution in [2.24, 2.45) is 0 Å². The fraction of sp³-hybridized carbons (Fsp3) is 0.500. The van der Waals surface area contributed by atoms with Crippen molar-refractivity contribution in [2.75, 3.05) is 44.2 Å². The van der Waals surface area contributed by atoms with Gasteiger partial charge in [-0.3, -0.25) is 9.80 Å². The van der Waals surface area contributed by atoms with E-state index in [0.717, 1.165) is 63.3 Å². The summed E-state index contributed by atoms with van der Waals surface area (Å²) in [6.45, 7) is 8.48. The Labute approximate surface area is 160 Å². The van der Waals surface area contributed by atoms with Crippen molar-refractivity contribution < 1.29 is 0 Å². The predicted octanol–water partition coefficient (Wildman–Crippen LogP) is 3.05. The molecule has 0 aliphatic carbocycles. The van der Waals surface area contributed by atoms with Gasteiger partial charge in [-0.2, -0.15) is 0 Å². The van der Waals surface area contributed by atoms with Gasteiger partial charge in [0.15, 0.2) is 0 Å². The Hall–Kier alpha value is -1.69. The van der Waals surface area contributed by atoms with Crippen LogP contribution in [0.5, 0.6) is 0 Å². The third-order valence-electron chi connectivity index (χ3n) is 5.27. The molecule has 0 spiro atoms. The number of hydrogen-bond donors (Lipinski definition) is 0. The summed E-state index contributed by atoms with van der Waals surface area (Å²) in [7, 11) is 0. The number of aromatic nitrogens is 2. The molecule has 0 atom stereocenters. The molecule has 2 aliphatic heterocycles. The zero-order valence-electron chi connectivity index (χ0n) is 15.1. The van der Waals surface area contributed by atoms with E-state index in [9.17, 15) is 0 Å². The lowest BCUT2D eigenvalue weighted by atomic mass is 10.2. The molecule has 2 aliphatic rings. The Bertz CT molecular complexity index is 689. The zero-order chi connectivity index (χ0) is 17.8. The average molecular weight is 372 g/mol.